The summed E-state index contributed by atoms with van der Waals surface area (Å²) in [7, 11) is 0. The number of piperidine rings is 1. The smallest absolute Gasteiger partial charge is 0.410 e. The lowest BCUT2D eigenvalue weighted by Gasteiger charge is -2.45. The van der Waals surface area contributed by atoms with Crippen LogP contribution in [-0.2, 0) is 9.53 Å². The van der Waals surface area contributed by atoms with Gasteiger partial charge in [-0.1, -0.05) is 20.8 Å². The maximum absolute atomic E-state index is 12.1. The van der Waals surface area contributed by atoms with E-state index in [9.17, 15) is 14.7 Å². The first-order valence-electron chi connectivity index (χ1n) is 6.65. The van der Waals surface area contributed by atoms with Crippen LogP contribution < -0.4 is 0 Å². The van der Waals surface area contributed by atoms with Crippen molar-refractivity contribution in [1.82, 2.24) is 4.90 Å². The molecule has 1 aliphatic rings. The second kappa shape index (κ2) is 5.02. The van der Waals surface area contributed by atoms with Crippen molar-refractivity contribution in [2.75, 3.05) is 13.1 Å². The maximum Gasteiger partial charge on any atom is 0.410 e. The zero-order valence-corrected chi connectivity index (χ0v) is 12.7. The Hall–Kier alpha value is -1.26. The molecule has 1 aliphatic heterocycles. The van der Waals surface area contributed by atoms with Crippen LogP contribution in [0.3, 0.4) is 0 Å². The Labute approximate surface area is 114 Å². The topological polar surface area (TPSA) is 66.8 Å². The molecule has 2 unspecified atom stereocenters. The SMILES string of the molecule is CC1CN(C(=O)OC(C)(C)C)CC(C)(C)C1C(=O)O. The molecule has 19 heavy (non-hydrogen) atoms. The van der Waals surface area contributed by atoms with Gasteiger partial charge in [-0.25, -0.2) is 4.79 Å². The second-order valence-corrected chi connectivity index (χ2v) is 7.14. The van der Waals surface area contributed by atoms with E-state index in [4.69, 9.17) is 4.74 Å². The van der Waals surface area contributed by atoms with Crippen molar-refractivity contribution in [2.45, 2.75) is 47.1 Å². The number of hydrogen-bond acceptors (Lipinski definition) is 3. The predicted molar refractivity (Wildman–Crippen MR) is 71.9 cm³/mol. The van der Waals surface area contributed by atoms with E-state index >= 15 is 0 Å². The van der Waals surface area contributed by atoms with Gasteiger partial charge in [0.1, 0.15) is 5.60 Å². The summed E-state index contributed by atoms with van der Waals surface area (Å²) in [5, 5.41) is 9.32. The molecule has 0 aromatic carbocycles. The Kier molecular flexibility index (Phi) is 4.17. The quantitative estimate of drug-likeness (QED) is 0.796. The van der Waals surface area contributed by atoms with E-state index in [0.717, 1.165) is 0 Å². The highest BCUT2D eigenvalue weighted by molar-refractivity contribution is 5.73. The summed E-state index contributed by atoms with van der Waals surface area (Å²) in [5.41, 5.74) is -0.992. The fourth-order valence-corrected chi connectivity index (χ4v) is 2.92. The van der Waals surface area contributed by atoms with Crippen molar-refractivity contribution in [2.24, 2.45) is 17.3 Å². The average Bonchev–Trinajstić information content (AvgIpc) is 2.10. The zero-order chi connectivity index (χ0) is 15.0. The number of carbonyl (C=O) groups is 2. The maximum atomic E-state index is 12.1. The second-order valence-electron chi connectivity index (χ2n) is 7.14. The van der Waals surface area contributed by atoms with E-state index in [1.165, 1.54) is 0 Å². The van der Waals surface area contributed by atoms with Gasteiger partial charge in [0.05, 0.1) is 5.92 Å². The van der Waals surface area contributed by atoms with E-state index in [0.29, 0.717) is 13.1 Å². The van der Waals surface area contributed by atoms with Crippen LogP contribution in [0, 0.1) is 17.3 Å². The van der Waals surface area contributed by atoms with Crippen molar-refractivity contribution < 1.29 is 19.4 Å². The number of ether oxygens (including phenoxy) is 1. The summed E-state index contributed by atoms with van der Waals surface area (Å²) in [6, 6.07) is 0. The molecule has 110 valence electrons. The molecular formula is C14H25NO4. The van der Waals surface area contributed by atoms with Crippen LogP contribution in [0.5, 0.6) is 0 Å². The zero-order valence-electron chi connectivity index (χ0n) is 12.7. The minimum absolute atomic E-state index is 0.0891. The number of carbonyl (C=O) groups excluding carboxylic acids is 1. The number of likely N-dealkylation sites (tertiary alicyclic amines) is 1. The predicted octanol–water partition coefficient (Wildman–Crippen LogP) is 2.60. The van der Waals surface area contributed by atoms with Gasteiger partial charge >= 0.3 is 12.1 Å². The molecular weight excluding hydrogens is 246 g/mol. The van der Waals surface area contributed by atoms with Crippen molar-refractivity contribution in [3.8, 4) is 0 Å². The highest BCUT2D eigenvalue weighted by Crippen LogP contribution is 2.38. The normalized spacial score (nSPS) is 26.9. The summed E-state index contributed by atoms with van der Waals surface area (Å²) in [4.78, 5) is 25.1. The van der Waals surface area contributed by atoms with Gasteiger partial charge in [0, 0.05) is 13.1 Å². The van der Waals surface area contributed by atoms with Gasteiger partial charge in [0.2, 0.25) is 0 Å². The highest BCUT2D eigenvalue weighted by Gasteiger charge is 2.46. The molecule has 0 saturated carbocycles. The molecule has 1 amide bonds. The first kappa shape index (κ1) is 15.8. The lowest BCUT2D eigenvalue weighted by atomic mass is 9.69. The van der Waals surface area contributed by atoms with Crippen LogP contribution in [0.15, 0.2) is 0 Å². The number of aliphatic carboxylic acids is 1. The van der Waals surface area contributed by atoms with Crippen LogP contribution in [0.1, 0.15) is 41.5 Å². The molecule has 1 heterocycles. The minimum Gasteiger partial charge on any atom is -0.481 e. The van der Waals surface area contributed by atoms with E-state index < -0.39 is 22.9 Å². The van der Waals surface area contributed by atoms with Crippen molar-refractivity contribution >= 4 is 12.1 Å². The Bertz CT molecular complexity index is 370. The molecule has 1 rings (SSSR count). The van der Waals surface area contributed by atoms with Gasteiger partial charge in [-0.2, -0.15) is 0 Å². The number of hydrogen-bond donors (Lipinski definition) is 1. The highest BCUT2D eigenvalue weighted by atomic mass is 16.6. The summed E-state index contributed by atoms with van der Waals surface area (Å²) in [5.74, 6) is -1.32. The molecule has 0 aromatic rings. The molecule has 5 nitrogen and oxygen atoms in total. The lowest BCUT2D eigenvalue weighted by Crippen LogP contribution is -2.55. The standard InChI is InChI=1S/C14H25NO4/c1-9-7-15(12(18)19-13(2,3)4)8-14(5,6)10(9)11(16)17/h9-10H,7-8H2,1-6H3,(H,16,17). The molecule has 1 fully saturated rings. The number of nitrogens with zero attached hydrogens (tertiary/aromatic N) is 1. The molecule has 1 saturated heterocycles. The Morgan fingerprint density at radius 2 is 1.84 bits per heavy atom. The monoisotopic (exact) mass is 271 g/mol. The number of rotatable bonds is 1. The first-order chi connectivity index (χ1) is 8.44. The van der Waals surface area contributed by atoms with E-state index in [1.54, 1.807) is 4.90 Å². The van der Waals surface area contributed by atoms with Crippen LogP contribution in [0.4, 0.5) is 4.79 Å². The molecule has 2 atom stereocenters. The third-order valence-corrected chi connectivity index (χ3v) is 3.44. The molecule has 0 aromatic heterocycles. The number of carboxylic acid groups (broad SMARTS) is 1. The third kappa shape index (κ3) is 3.85. The summed E-state index contributed by atoms with van der Waals surface area (Å²) in [6.07, 6.45) is -0.365. The Morgan fingerprint density at radius 3 is 2.21 bits per heavy atom. The third-order valence-electron chi connectivity index (χ3n) is 3.44. The fraction of sp³-hybridized carbons (Fsp3) is 0.857. The molecule has 0 aliphatic carbocycles. The largest absolute Gasteiger partial charge is 0.481 e. The summed E-state index contributed by atoms with van der Waals surface area (Å²) in [6.45, 7) is 11.9. The van der Waals surface area contributed by atoms with Crippen LogP contribution in [0.2, 0.25) is 0 Å². The minimum atomic E-state index is -0.790. The van der Waals surface area contributed by atoms with Gasteiger partial charge in [0.15, 0.2) is 0 Å². The van der Waals surface area contributed by atoms with Gasteiger partial charge in [-0.15, -0.1) is 0 Å². The van der Waals surface area contributed by atoms with Crippen LogP contribution >= 0.6 is 0 Å². The van der Waals surface area contributed by atoms with E-state index in [1.807, 2.05) is 41.5 Å². The van der Waals surface area contributed by atoms with Gasteiger partial charge in [-0.05, 0) is 32.1 Å². The lowest BCUT2D eigenvalue weighted by molar-refractivity contribution is -0.152. The van der Waals surface area contributed by atoms with Gasteiger partial charge in [0.25, 0.3) is 0 Å². The Morgan fingerprint density at radius 1 is 1.32 bits per heavy atom. The van der Waals surface area contributed by atoms with Crippen molar-refractivity contribution in [1.29, 1.82) is 0 Å². The summed E-state index contributed by atoms with van der Waals surface area (Å²) < 4.78 is 5.35. The molecule has 0 spiro atoms. The van der Waals surface area contributed by atoms with Crippen LogP contribution in [0.25, 0.3) is 0 Å². The van der Waals surface area contributed by atoms with E-state index in [2.05, 4.69) is 0 Å². The van der Waals surface area contributed by atoms with Crippen molar-refractivity contribution in [3.05, 3.63) is 0 Å². The fourth-order valence-electron chi connectivity index (χ4n) is 2.92. The van der Waals surface area contributed by atoms with Gasteiger partial charge < -0.3 is 14.7 Å². The number of amides is 1. The average molecular weight is 271 g/mol. The summed E-state index contributed by atoms with van der Waals surface area (Å²) >= 11 is 0. The van der Waals surface area contributed by atoms with Crippen LogP contribution in [-0.4, -0.2) is 40.8 Å². The first-order valence-corrected chi connectivity index (χ1v) is 6.65. The molecule has 0 bridgehead atoms. The molecule has 0 radical (unpaired) electrons. The van der Waals surface area contributed by atoms with Crippen molar-refractivity contribution in [3.63, 3.8) is 0 Å². The number of carboxylic acids is 1. The molecule has 5 heteroatoms. The molecule has 1 N–H and O–H groups in total. The Balaban J connectivity index is 2.83. The van der Waals surface area contributed by atoms with Gasteiger partial charge in [-0.3, -0.25) is 4.79 Å². The van der Waals surface area contributed by atoms with E-state index in [-0.39, 0.29) is 12.0 Å².